The summed E-state index contributed by atoms with van der Waals surface area (Å²) in [5.74, 6) is 1.34. The number of halogens is 2. The molecule has 0 bridgehead atoms. The molecule has 5 nitrogen and oxygen atoms in total. The molecule has 2 heterocycles. The molecule has 2 fully saturated rings. The molecule has 4 rings (SSSR count). The molecule has 1 saturated carbocycles. The van der Waals surface area contributed by atoms with Crippen LogP contribution >= 0.6 is 11.6 Å². The highest BCUT2D eigenvalue weighted by Crippen LogP contribution is 2.45. The van der Waals surface area contributed by atoms with E-state index in [1.807, 2.05) is 18.7 Å². The lowest BCUT2D eigenvalue weighted by Gasteiger charge is -2.39. The van der Waals surface area contributed by atoms with Crippen LogP contribution in [0.2, 0.25) is 5.02 Å². The lowest BCUT2D eigenvalue weighted by molar-refractivity contribution is 0.189. The number of hydrogen-bond acceptors (Lipinski definition) is 2. The topological polar surface area (TPSA) is 45.5 Å². The zero-order valence-electron chi connectivity index (χ0n) is 15.6. The molecule has 1 aromatic heterocycles. The maximum Gasteiger partial charge on any atom is 0.193 e. The number of piperidine rings is 1. The van der Waals surface area contributed by atoms with E-state index in [0.717, 1.165) is 31.9 Å². The van der Waals surface area contributed by atoms with Gasteiger partial charge in [0.2, 0.25) is 0 Å². The number of guanidine groups is 1. The summed E-state index contributed by atoms with van der Waals surface area (Å²) in [4.78, 5) is 11.0. The summed E-state index contributed by atoms with van der Waals surface area (Å²) < 4.78 is 16.4. The standard InChI is InChI=1S/C20H25ClFN5/c1-13-6-8-26(11-18(13)27-9-7-24-12-27)20(23-2)25-17-10-14(17)19-15(21)4-3-5-16(19)22/h3-5,7,9,12-14,17-18H,6,8,10-11H2,1-2H3,(H,23,25). The molecule has 1 aliphatic carbocycles. The van der Waals surface area contributed by atoms with Crippen LogP contribution in [0, 0.1) is 11.7 Å². The Morgan fingerprint density at radius 2 is 2.26 bits per heavy atom. The lowest BCUT2D eigenvalue weighted by atomic mass is 9.93. The number of hydrogen-bond donors (Lipinski definition) is 1. The number of likely N-dealkylation sites (tertiary alicyclic amines) is 1. The number of rotatable bonds is 3. The van der Waals surface area contributed by atoms with Crippen molar-refractivity contribution in [1.29, 1.82) is 0 Å². The minimum atomic E-state index is -0.223. The van der Waals surface area contributed by atoms with Crippen molar-refractivity contribution in [2.45, 2.75) is 37.8 Å². The van der Waals surface area contributed by atoms with Crippen LogP contribution in [-0.2, 0) is 0 Å². The highest BCUT2D eigenvalue weighted by molar-refractivity contribution is 6.31. The summed E-state index contributed by atoms with van der Waals surface area (Å²) in [6.07, 6.45) is 7.70. The Morgan fingerprint density at radius 1 is 1.41 bits per heavy atom. The molecule has 0 radical (unpaired) electrons. The molecule has 4 atom stereocenters. The maximum absolute atomic E-state index is 14.2. The normalized spacial score (nSPS) is 28.3. The number of benzene rings is 1. The van der Waals surface area contributed by atoms with Crippen LogP contribution in [0.4, 0.5) is 4.39 Å². The number of nitrogens with one attached hydrogen (secondary N) is 1. The Bertz CT molecular complexity index is 802. The number of aromatic nitrogens is 2. The fourth-order valence-corrected chi connectivity index (χ4v) is 4.40. The molecular weight excluding hydrogens is 365 g/mol. The summed E-state index contributed by atoms with van der Waals surface area (Å²) in [6, 6.07) is 5.43. The van der Waals surface area contributed by atoms with Crippen molar-refractivity contribution in [2.24, 2.45) is 10.9 Å². The lowest BCUT2D eigenvalue weighted by Crippen LogP contribution is -2.49. The summed E-state index contributed by atoms with van der Waals surface area (Å²) in [7, 11) is 1.81. The molecule has 1 saturated heterocycles. The van der Waals surface area contributed by atoms with Gasteiger partial charge in [0.05, 0.1) is 12.4 Å². The third kappa shape index (κ3) is 3.68. The molecule has 144 valence electrons. The van der Waals surface area contributed by atoms with E-state index >= 15 is 0 Å². The van der Waals surface area contributed by atoms with Gasteiger partial charge in [0, 0.05) is 55.1 Å². The molecule has 1 aromatic carbocycles. The van der Waals surface area contributed by atoms with E-state index in [2.05, 4.69) is 31.7 Å². The first kappa shape index (κ1) is 18.3. The second-order valence-corrected chi connectivity index (χ2v) is 7.97. The van der Waals surface area contributed by atoms with E-state index in [4.69, 9.17) is 11.6 Å². The molecule has 1 N–H and O–H groups in total. The Balaban J connectivity index is 1.43. The van der Waals surface area contributed by atoms with Gasteiger partial charge in [-0.15, -0.1) is 0 Å². The largest absolute Gasteiger partial charge is 0.353 e. The molecule has 1 aliphatic heterocycles. The minimum absolute atomic E-state index is 0.101. The predicted octanol–water partition coefficient (Wildman–Crippen LogP) is 3.69. The van der Waals surface area contributed by atoms with Gasteiger partial charge in [-0.25, -0.2) is 9.37 Å². The van der Waals surface area contributed by atoms with E-state index < -0.39 is 0 Å². The smallest absolute Gasteiger partial charge is 0.193 e. The Labute approximate surface area is 164 Å². The minimum Gasteiger partial charge on any atom is -0.353 e. The van der Waals surface area contributed by atoms with Crippen LogP contribution in [0.5, 0.6) is 0 Å². The van der Waals surface area contributed by atoms with Crippen LogP contribution in [0.1, 0.15) is 37.3 Å². The first-order chi connectivity index (χ1) is 13.1. The van der Waals surface area contributed by atoms with Crippen molar-refractivity contribution in [2.75, 3.05) is 20.1 Å². The van der Waals surface area contributed by atoms with E-state index in [0.29, 0.717) is 22.5 Å². The summed E-state index contributed by atoms with van der Waals surface area (Å²) in [6.45, 7) is 4.13. The predicted molar refractivity (Wildman–Crippen MR) is 106 cm³/mol. The van der Waals surface area contributed by atoms with Gasteiger partial charge in [0.15, 0.2) is 5.96 Å². The highest BCUT2D eigenvalue weighted by atomic mass is 35.5. The van der Waals surface area contributed by atoms with Gasteiger partial charge in [-0.05, 0) is 30.9 Å². The zero-order chi connectivity index (χ0) is 19.0. The maximum atomic E-state index is 14.2. The first-order valence-corrected chi connectivity index (χ1v) is 9.86. The molecular formula is C20H25ClFN5. The van der Waals surface area contributed by atoms with Crippen LogP contribution in [0.25, 0.3) is 0 Å². The molecule has 4 unspecified atom stereocenters. The molecule has 2 aliphatic rings. The third-order valence-electron chi connectivity index (χ3n) is 5.81. The van der Waals surface area contributed by atoms with Gasteiger partial charge in [0.1, 0.15) is 5.82 Å². The first-order valence-electron chi connectivity index (χ1n) is 9.48. The fraction of sp³-hybridized carbons (Fsp3) is 0.500. The third-order valence-corrected chi connectivity index (χ3v) is 6.14. The van der Waals surface area contributed by atoms with Crippen molar-refractivity contribution < 1.29 is 4.39 Å². The Hall–Kier alpha value is -2.08. The molecule has 2 aromatic rings. The highest BCUT2D eigenvalue weighted by Gasteiger charge is 2.43. The number of aliphatic imine (C=N–C) groups is 1. The summed E-state index contributed by atoms with van der Waals surface area (Å²) >= 11 is 6.22. The quantitative estimate of drug-likeness (QED) is 0.643. The number of nitrogens with zero attached hydrogens (tertiary/aromatic N) is 4. The molecule has 0 amide bonds. The van der Waals surface area contributed by atoms with Crippen molar-refractivity contribution >= 4 is 17.6 Å². The van der Waals surface area contributed by atoms with Crippen molar-refractivity contribution in [3.8, 4) is 0 Å². The van der Waals surface area contributed by atoms with Crippen LogP contribution in [0.3, 0.4) is 0 Å². The molecule has 7 heteroatoms. The van der Waals surface area contributed by atoms with E-state index in [1.54, 1.807) is 19.2 Å². The van der Waals surface area contributed by atoms with Gasteiger partial charge < -0.3 is 14.8 Å². The van der Waals surface area contributed by atoms with E-state index in [9.17, 15) is 4.39 Å². The van der Waals surface area contributed by atoms with E-state index in [-0.39, 0.29) is 17.8 Å². The fourth-order valence-electron chi connectivity index (χ4n) is 4.10. The van der Waals surface area contributed by atoms with Gasteiger partial charge >= 0.3 is 0 Å². The monoisotopic (exact) mass is 389 g/mol. The SMILES string of the molecule is CN=C(NC1CC1c1c(F)cccc1Cl)N1CCC(C)C(n2ccnc2)C1. The van der Waals surface area contributed by atoms with Crippen LogP contribution in [0.15, 0.2) is 41.9 Å². The Morgan fingerprint density at radius 3 is 2.96 bits per heavy atom. The second-order valence-electron chi connectivity index (χ2n) is 7.56. The molecule has 0 spiro atoms. The van der Waals surface area contributed by atoms with Gasteiger partial charge in [0.25, 0.3) is 0 Å². The van der Waals surface area contributed by atoms with Crippen molar-refractivity contribution in [3.05, 3.63) is 53.3 Å². The van der Waals surface area contributed by atoms with Gasteiger partial charge in [-0.3, -0.25) is 4.99 Å². The average Bonchev–Trinajstić information content (AvgIpc) is 3.17. The van der Waals surface area contributed by atoms with Crippen molar-refractivity contribution in [3.63, 3.8) is 0 Å². The summed E-state index contributed by atoms with van der Waals surface area (Å²) in [5, 5.41) is 4.03. The van der Waals surface area contributed by atoms with E-state index in [1.165, 1.54) is 6.07 Å². The van der Waals surface area contributed by atoms with Gasteiger partial charge in [-0.1, -0.05) is 24.6 Å². The van der Waals surface area contributed by atoms with Crippen LogP contribution in [-0.4, -0.2) is 46.6 Å². The van der Waals surface area contributed by atoms with Crippen LogP contribution < -0.4 is 5.32 Å². The average molecular weight is 390 g/mol. The van der Waals surface area contributed by atoms with Crippen molar-refractivity contribution in [1.82, 2.24) is 19.8 Å². The number of imidazole rings is 1. The summed E-state index contributed by atoms with van der Waals surface area (Å²) in [5.41, 5.74) is 0.621. The van der Waals surface area contributed by atoms with Gasteiger partial charge in [-0.2, -0.15) is 0 Å². The second kappa shape index (κ2) is 7.50. The zero-order valence-corrected chi connectivity index (χ0v) is 16.4. The molecule has 27 heavy (non-hydrogen) atoms. The Kier molecular flexibility index (Phi) is 5.08.